The van der Waals surface area contributed by atoms with E-state index in [1.54, 1.807) is 11.3 Å². The van der Waals surface area contributed by atoms with Crippen LogP contribution in [0.2, 0.25) is 0 Å². The number of nitrogens with zero attached hydrogens (tertiary/aromatic N) is 2. The first kappa shape index (κ1) is 25.0. The zero-order chi connectivity index (χ0) is 23.0. The molecule has 176 valence electrons. The molecule has 2 aromatic rings. The minimum absolute atomic E-state index is 0.284. The first-order valence-electron chi connectivity index (χ1n) is 13.6. The molecule has 0 bridgehead atoms. The minimum Gasteiger partial charge on any atom is -0.291 e. The Bertz CT molecular complexity index is 828. The quantitative estimate of drug-likeness (QED) is 0.236. The molecule has 0 saturated heterocycles. The van der Waals surface area contributed by atoms with Crippen LogP contribution in [-0.2, 0) is 12.0 Å². The topological polar surface area (TPSA) is 3.88 Å². The Morgan fingerprint density at radius 1 is 0.812 bits per heavy atom. The molecule has 2 heterocycles. The molecule has 1 aliphatic heterocycles. The highest BCUT2D eigenvalue weighted by atomic mass is 15.4. The molecular weight excluding hydrogens is 388 g/mol. The summed E-state index contributed by atoms with van der Waals surface area (Å²) in [7, 11) is 0. The standard InChI is InChI=1S/C30H48N2/c1-6-11-22-32(23-12-7-2,24-13-8-3)26-17-18-28-27(25-26)29-16-14-15-20-31(29)21-19-30(28,9-4)10-5/h14-18,20,25H,6-13,19,21-24H2,1-5H3/q+2. The second kappa shape index (κ2) is 11.5. The van der Waals surface area contributed by atoms with E-state index < -0.39 is 0 Å². The maximum absolute atomic E-state index is 2.62. The molecule has 2 nitrogen and oxygen atoms in total. The highest BCUT2D eigenvalue weighted by Gasteiger charge is 2.39. The summed E-state index contributed by atoms with van der Waals surface area (Å²) in [6.07, 6.45) is 13.7. The van der Waals surface area contributed by atoms with Crippen LogP contribution in [-0.4, -0.2) is 19.6 Å². The molecule has 3 rings (SSSR count). The number of unbranched alkanes of at least 4 members (excludes halogenated alkanes) is 3. The van der Waals surface area contributed by atoms with Crippen molar-refractivity contribution in [2.24, 2.45) is 0 Å². The van der Waals surface area contributed by atoms with Crippen molar-refractivity contribution in [3.05, 3.63) is 48.2 Å². The van der Waals surface area contributed by atoms with Gasteiger partial charge in [-0.05, 0) is 49.8 Å². The summed E-state index contributed by atoms with van der Waals surface area (Å²) in [5.74, 6) is 0. The molecule has 1 aliphatic rings. The van der Waals surface area contributed by atoms with Crippen LogP contribution in [0.25, 0.3) is 11.3 Å². The normalized spacial score (nSPS) is 15.2. The molecule has 32 heavy (non-hydrogen) atoms. The zero-order valence-electron chi connectivity index (χ0n) is 21.6. The predicted octanol–water partition coefficient (Wildman–Crippen LogP) is 7.81. The van der Waals surface area contributed by atoms with Gasteiger partial charge in [-0.3, -0.25) is 4.48 Å². The van der Waals surface area contributed by atoms with E-state index in [0.717, 1.165) is 6.54 Å². The molecule has 0 amide bonds. The van der Waals surface area contributed by atoms with Crippen molar-refractivity contribution < 1.29 is 4.57 Å². The molecule has 0 fully saturated rings. The van der Waals surface area contributed by atoms with Gasteiger partial charge in [0.2, 0.25) is 5.69 Å². The lowest BCUT2D eigenvalue weighted by molar-refractivity contribution is -0.687. The zero-order valence-corrected chi connectivity index (χ0v) is 21.6. The van der Waals surface area contributed by atoms with Crippen LogP contribution in [0.1, 0.15) is 98.0 Å². The van der Waals surface area contributed by atoms with Gasteiger partial charge in [-0.1, -0.05) is 59.9 Å². The third kappa shape index (κ3) is 4.96. The SMILES string of the molecule is CCCC[N+](CCCC)(CCCC)c1ccc2c(c1)-c1cccc[n+]1CCC2(CC)CC. The van der Waals surface area contributed by atoms with E-state index in [-0.39, 0.29) is 5.41 Å². The molecule has 0 aliphatic carbocycles. The molecule has 1 aromatic carbocycles. The van der Waals surface area contributed by atoms with Gasteiger partial charge in [0.1, 0.15) is 12.2 Å². The van der Waals surface area contributed by atoms with Crippen LogP contribution in [0, 0.1) is 0 Å². The third-order valence-electron chi connectivity index (χ3n) is 8.34. The number of fused-ring (bicyclic) bond motifs is 3. The maximum atomic E-state index is 2.62. The number of aromatic nitrogens is 1. The molecule has 0 radical (unpaired) electrons. The summed E-state index contributed by atoms with van der Waals surface area (Å²) in [4.78, 5) is 0. The number of hydrogen-bond donors (Lipinski definition) is 0. The average molecular weight is 437 g/mol. The van der Waals surface area contributed by atoms with Crippen molar-refractivity contribution in [2.75, 3.05) is 19.6 Å². The Kier molecular flexibility index (Phi) is 8.94. The van der Waals surface area contributed by atoms with Gasteiger partial charge in [0.15, 0.2) is 6.20 Å². The van der Waals surface area contributed by atoms with Crippen molar-refractivity contribution >= 4 is 5.69 Å². The fourth-order valence-electron chi connectivity index (χ4n) is 5.98. The summed E-state index contributed by atoms with van der Waals surface area (Å²) in [6.45, 7) is 16.8. The van der Waals surface area contributed by atoms with E-state index in [9.17, 15) is 0 Å². The van der Waals surface area contributed by atoms with Gasteiger partial charge < -0.3 is 0 Å². The van der Waals surface area contributed by atoms with E-state index in [1.807, 2.05) is 0 Å². The lowest BCUT2D eigenvalue weighted by Gasteiger charge is -2.39. The van der Waals surface area contributed by atoms with E-state index >= 15 is 0 Å². The first-order valence-corrected chi connectivity index (χ1v) is 13.6. The van der Waals surface area contributed by atoms with Gasteiger partial charge in [-0.25, -0.2) is 0 Å². The van der Waals surface area contributed by atoms with E-state index in [4.69, 9.17) is 0 Å². The Labute approximate surface area is 198 Å². The smallest absolute Gasteiger partial charge is 0.212 e. The molecule has 0 unspecified atom stereocenters. The first-order chi connectivity index (χ1) is 15.6. The van der Waals surface area contributed by atoms with Gasteiger partial charge in [-0.15, -0.1) is 0 Å². The van der Waals surface area contributed by atoms with Crippen LogP contribution >= 0.6 is 0 Å². The van der Waals surface area contributed by atoms with Gasteiger partial charge in [0.05, 0.1) is 25.2 Å². The lowest BCUT2D eigenvalue weighted by Crippen LogP contribution is -2.51. The number of rotatable bonds is 12. The van der Waals surface area contributed by atoms with Crippen LogP contribution in [0.3, 0.4) is 0 Å². The molecule has 0 N–H and O–H groups in total. The van der Waals surface area contributed by atoms with Crippen LogP contribution < -0.4 is 9.05 Å². The van der Waals surface area contributed by atoms with E-state index in [1.165, 1.54) is 93.2 Å². The highest BCUT2D eigenvalue weighted by Crippen LogP contribution is 2.44. The summed E-state index contributed by atoms with van der Waals surface area (Å²) in [5.41, 5.74) is 6.33. The highest BCUT2D eigenvalue weighted by molar-refractivity contribution is 5.69. The average Bonchev–Trinajstić information content (AvgIpc) is 2.98. The summed E-state index contributed by atoms with van der Waals surface area (Å²) in [6, 6.07) is 14.5. The second-order valence-corrected chi connectivity index (χ2v) is 10.1. The van der Waals surface area contributed by atoms with E-state index in [2.05, 4.69) is 81.8 Å². The number of pyridine rings is 1. The lowest BCUT2D eigenvalue weighted by atomic mass is 9.71. The molecule has 1 aromatic heterocycles. The number of hydrogen-bond acceptors (Lipinski definition) is 0. The Morgan fingerprint density at radius 2 is 1.44 bits per heavy atom. The Hall–Kier alpha value is -1.67. The minimum atomic E-state index is 0.284. The molecule has 0 spiro atoms. The van der Waals surface area contributed by atoms with Gasteiger partial charge in [0, 0.05) is 30.0 Å². The molecule has 2 heteroatoms. The summed E-state index contributed by atoms with van der Waals surface area (Å²) < 4.78 is 3.68. The fourth-order valence-corrected chi connectivity index (χ4v) is 5.98. The van der Waals surface area contributed by atoms with Crippen molar-refractivity contribution in [3.63, 3.8) is 0 Å². The van der Waals surface area contributed by atoms with Gasteiger partial charge >= 0.3 is 0 Å². The van der Waals surface area contributed by atoms with E-state index in [0.29, 0.717) is 0 Å². The largest absolute Gasteiger partial charge is 0.291 e. The van der Waals surface area contributed by atoms with Crippen LogP contribution in [0.15, 0.2) is 42.6 Å². The molecule has 0 saturated carbocycles. The Morgan fingerprint density at radius 3 is 2.00 bits per heavy atom. The van der Waals surface area contributed by atoms with Crippen molar-refractivity contribution in [1.29, 1.82) is 0 Å². The summed E-state index contributed by atoms with van der Waals surface area (Å²) in [5, 5.41) is 0. The number of quaternary nitrogens is 1. The fraction of sp³-hybridized carbons (Fsp3) is 0.633. The van der Waals surface area contributed by atoms with Crippen LogP contribution in [0.5, 0.6) is 0 Å². The number of aryl methyl sites for hydroxylation is 1. The maximum Gasteiger partial charge on any atom is 0.212 e. The summed E-state index contributed by atoms with van der Waals surface area (Å²) >= 11 is 0. The van der Waals surface area contributed by atoms with Gasteiger partial charge in [-0.2, -0.15) is 4.57 Å². The van der Waals surface area contributed by atoms with Crippen molar-refractivity contribution in [2.45, 2.75) is 104 Å². The molecular formula is C30H48N2+2. The molecule has 0 atom stereocenters. The third-order valence-corrected chi connectivity index (χ3v) is 8.34. The van der Waals surface area contributed by atoms with Crippen molar-refractivity contribution in [3.8, 4) is 11.3 Å². The Balaban J connectivity index is 2.20. The second-order valence-electron chi connectivity index (χ2n) is 10.1. The van der Waals surface area contributed by atoms with Crippen molar-refractivity contribution in [1.82, 2.24) is 4.48 Å². The van der Waals surface area contributed by atoms with Crippen LogP contribution in [0.4, 0.5) is 5.69 Å². The monoisotopic (exact) mass is 436 g/mol. The predicted molar refractivity (Wildman–Crippen MR) is 140 cm³/mol. The van der Waals surface area contributed by atoms with Gasteiger partial charge in [0.25, 0.3) is 0 Å². The number of benzene rings is 1.